The summed E-state index contributed by atoms with van der Waals surface area (Å²) in [5, 5.41) is 5.96. The fourth-order valence-corrected chi connectivity index (χ4v) is 4.60. The third-order valence-corrected chi connectivity index (χ3v) is 6.13. The van der Waals surface area contributed by atoms with Gasteiger partial charge in [-0.25, -0.2) is 4.79 Å². The Hall–Kier alpha value is -3.93. The summed E-state index contributed by atoms with van der Waals surface area (Å²) in [6.45, 7) is 6.59. The predicted molar refractivity (Wildman–Crippen MR) is 128 cm³/mol. The van der Waals surface area contributed by atoms with E-state index in [1.54, 1.807) is 0 Å². The Labute approximate surface area is 191 Å². The molecule has 0 amide bonds. The van der Waals surface area contributed by atoms with Crippen LogP contribution in [0.25, 0.3) is 21.8 Å². The first-order chi connectivity index (χ1) is 16.0. The molecule has 33 heavy (non-hydrogen) atoms. The largest absolute Gasteiger partial charge is 0.492 e. The van der Waals surface area contributed by atoms with Gasteiger partial charge in [0.2, 0.25) is 0 Å². The number of carbonyl (C=O) groups is 2. The molecule has 0 saturated heterocycles. The highest BCUT2D eigenvalue weighted by atomic mass is 16.7. The lowest BCUT2D eigenvalue weighted by atomic mass is 9.96. The second-order valence-corrected chi connectivity index (χ2v) is 8.18. The van der Waals surface area contributed by atoms with E-state index in [4.69, 9.17) is 9.57 Å². The van der Waals surface area contributed by atoms with Gasteiger partial charge in [-0.15, -0.1) is 0 Å². The van der Waals surface area contributed by atoms with Gasteiger partial charge in [-0.3, -0.25) is 4.79 Å². The third kappa shape index (κ3) is 3.48. The third-order valence-electron chi connectivity index (χ3n) is 6.13. The van der Waals surface area contributed by atoms with E-state index in [1.807, 2.05) is 61.5 Å². The molecule has 1 aromatic heterocycles. The van der Waals surface area contributed by atoms with Gasteiger partial charge < -0.3 is 14.1 Å². The maximum Gasteiger partial charge on any atom is 0.331 e. The van der Waals surface area contributed by atoms with Crippen LogP contribution in [0.4, 0.5) is 0 Å². The number of hydrogen-bond donors (Lipinski definition) is 0. The second-order valence-electron chi connectivity index (χ2n) is 8.18. The first kappa shape index (κ1) is 20.9. The maximum absolute atomic E-state index is 13.3. The summed E-state index contributed by atoms with van der Waals surface area (Å²) in [6, 6.07) is 17.5. The van der Waals surface area contributed by atoms with Crippen LogP contribution in [-0.2, 0) is 16.2 Å². The van der Waals surface area contributed by atoms with Gasteiger partial charge in [-0.05, 0) is 49.7 Å². The van der Waals surface area contributed by atoms with Gasteiger partial charge in [0, 0.05) is 47.5 Å². The van der Waals surface area contributed by atoms with Crippen molar-refractivity contribution in [1.82, 2.24) is 4.57 Å². The summed E-state index contributed by atoms with van der Waals surface area (Å²) in [4.78, 5) is 29.5. The smallest absolute Gasteiger partial charge is 0.331 e. The minimum atomic E-state index is -0.460. The van der Waals surface area contributed by atoms with Gasteiger partial charge in [0.05, 0.1) is 23.2 Å². The zero-order valence-electron chi connectivity index (χ0n) is 18.8. The van der Waals surface area contributed by atoms with Gasteiger partial charge in [-0.2, -0.15) is 0 Å². The highest BCUT2D eigenvalue weighted by Gasteiger charge is 2.25. The van der Waals surface area contributed by atoms with E-state index in [0.717, 1.165) is 39.5 Å². The molecule has 6 heteroatoms. The lowest BCUT2D eigenvalue weighted by molar-refractivity contribution is -0.140. The number of fused-ring (bicyclic) bond motifs is 5. The SMILES string of the molecule is CCn1c2ccc(C(=O)c3ccccc3C)cc2c2c3c(ccc21)/C(=N/OC(C)=O)CCO3. The molecular formula is C27H24N2O4. The van der Waals surface area contributed by atoms with Crippen LogP contribution < -0.4 is 4.74 Å². The molecule has 0 aliphatic carbocycles. The Morgan fingerprint density at radius 1 is 1.09 bits per heavy atom. The normalized spacial score (nSPS) is 14.3. The van der Waals surface area contributed by atoms with Crippen molar-refractivity contribution >= 4 is 39.3 Å². The molecule has 0 N–H and O–H groups in total. The summed E-state index contributed by atoms with van der Waals surface area (Å²) in [5.74, 6) is 0.246. The Balaban J connectivity index is 1.74. The Morgan fingerprint density at radius 2 is 1.88 bits per heavy atom. The highest BCUT2D eigenvalue weighted by molar-refractivity contribution is 6.19. The highest BCUT2D eigenvalue weighted by Crippen LogP contribution is 2.40. The van der Waals surface area contributed by atoms with Crippen LogP contribution in [0.3, 0.4) is 0 Å². The molecular weight excluding hydrogens is 416 g/mol. The molecule has 1 aliphatic heterocycles. The first-order valence-corrected chi connectivity index (χ1v) is 11.1. The molecule has 0 atom stereocenters. The van der Waals surface area contributed by atoms with E-state index in [-0.39, 0.29) is 5.78 Å². The van der Waals surface area contributed by atoms with Gasteiger partial charge in [0.25, 0.3) is 0 Å². The monoisotopic (exact) mass is 440 g/mol. The van der Waals surface area contributed by atoms with Crippen LogP contribution in [0.1, 0.15) is 47.3 Å². The summed E-state index contributed by atoms with van der Waals surface area (Å²) in [7, 11) is 0. The zero-order chi connectivity index (χ0) is 23.1. The summed E-state index contributed by atoms with van der Waals surface area (Å²) in [6.07, 6.45) is 0.551. The number of aromatic nitrogens is 1. The van der Waals surface area contributed by atoms with Crippen LogP contribution in [0.2, 0.25) is 0 Å². The molecule has 1 aliphatic rings. The molecule has 0 bridgehead atoms. The van der Waals surface area contributed by atoms with E-state index >= 15 is 0 Å². The summed E-state index contributed by atoms with van der Waals surface area (Å²) in [5.41, 5.74) is 5.83. The van der Waals surface area contributed by atoms with Gasteiger partial charge >= 0.3 is 5.97 Å². The van der Waals surface area contributed by atoms with Crippen molar-refractivity contribution in [2.24, 2.45) is 5.16 Å². The fraction of sp³-hybridized carbons (Fsp3) is 0.222. The Kier molecular flexibility index (Phi) is 5.21. The van der Waals surface area contributed by atoms with Crippen molar-refractivity contribution in [3.05, 3.63) is 76.9 Å². The number of oxime groups is 1. The topological polar surface area (TPSA) is 69.9 Å². The first-order valence-electron chi connectivity index (χ1n) is 11.1. The van der Waals surface area contributed by atoms with E-state index in [2.05, 4.69) is 16.6 Å². The fourth-order valence-electron chi connectivity index (χ4n) is 4.60. The Morgan fingerprint density at radius 3 is 2.64 bits per heavy atom. The van der Waals surface area contributed by atoms with Crippen LogP contribution in [0, 0.1) is 6.92 Å². The average molecular weight is 440 g/mol. The maximum atomic E-state index is 13.3. The quantitative estimate of drug-likeness (QED) is 0.242. The predicted octanol–water partition coefficient (Wildman–Crippen LogP) is 5.40. The number of rotatable bonds is 4. The standard InChI is InChI=1S/C27H24N2O4/c1-4-29-23-11-9-18(26(31)19-8-6-5-7-16(19)2)15-21(23)25-24(29)12-10-20-22(28-33-17(3)30)13-14-32-27(20)25/h5-12,15H,4,13-14H2,1-3H3/b28-22+. The number of ketones is 1. The molecule has 6 nitrogen and oxygen atoms in total. The molecule has 2 heterocycles. The van der Waals surface area contributed by atoms with Crippen molar-refractivity contribution in [3.63, 3.8) is 0 Å². The van der Waals surface area contributed by atoms with Crippen LogP contribution in [-0.4, -0.2) is 28.6 Å². The minimum Gasteiger partial charge on any atom is -0.492 e. The van der Waals surface area contributed by atoms with Gasteiger partial charge in [0.1, 0.15) is 5.75 Å². The minimum absolute atomic E-state index is 0.00442. The van der Waals surface area contributed by atoms with E-state index < -0.39 is 5.97 Å². The van der Waals surface area contributed by atoms with E-state index in [9.17, 15) is 9.59 Å². The molecule has 0 unspecified atom stereocenters. The number of nitrogens with zero attached hydrogens (tertiary/aromatic N) is 2. The number of hydrogen-bond acceptors (Lipinski definition) is 5. The Bertz CT molecular complexity index is 1460. The zero-order valence-corrected chi connectivity index (χ0v) is 18.8. The van der Waals surface area contributed by atoms with Crippen LogP contribution in [0.15, 0.2) is 59.8 Å². The number of benzene rings is 3. The van der Waals surface area contributed by atoms with Crippen molar-refractivity contribution in [3.8, 4) is 5.75 Å². The molecule has 0 spiro atoms. The lowest BCUT2D eigenvalue weighted by Crippen LogP contribution is -2.17. The summed E-state index contributed by atoms with van der Waals surface area (Å²) >= 11 is 0. The van der Waals surface area contributed by atoms with E-state index in [0.29, 0.717) is 35.6 Å². The molecule has 0 fully saturated rings. The molecule has 5 rings (SSSR count). The number of aryl methyl sites for hydroxylation is 2. The van der Waals surface area contributed by atoms with Crippen molar-refractivity contribution in [2.75, 3.05) is 6.61 Å². The van der Waals surface area contributed by atoms with Gasteiger partial charge in [0.15, 0.2) is 5.78 Å². The van der Waals surface area contributed by atoms with Gasteiger partial charge in [-0.1, -0.05) is 29.4 Å². The van der Waals surface area contributed by atoms with Crippen LogP contribution in [0.5, 0.6) is 5.75 Å². The molecule has 0 saturated carbocycles. The number of ether oxygens (including phenoxy) is 1. The molecule has 3 aromatic carbocycles. The van der Waals surface area contributed by atoms with Crippen molar-refractivity contribution in [2.45, 2.75) is 33.7 Å². The lowest BCUT2D eigenvalue weighted by Gasteiger charge is -2.19. The molecule has 166 valence electrons. The van der Waals surface area contributed by atoms with Crippen molar-refractivity contribution in [1.29, 1.82) is 0 Å². The molecule has 4 aromatic rings. The average Bonchev–Trinajstić information content (AvgIpc) is 3.15. The van der Waals surface area contributed by atoms with E-state index in [1.165, 1.54) is 6.92 Å². The summed E-state index contributed by atoms with van der Waals surface area (Å²) < 4.78 is 8.34. The molecule has 0 radical (unpaired) electrons. The van der Waals surface area contributed by atoms with Crippen LogP contribution >= 0.6 is 0 Å². The van der Waals surface area contributed by atoms with Crippen molar-refractivity contribution < 1.29 is 19.2 Å². The number of carbonyl (C=O) groups excluding carboxylic acids is 2. The second kappa shape index (κ2) is 8.20.